The van der Waals surface area contributed by atoms with Crippen molar-refractivity contribution in [3.05, 3.63) is 56.2 Å². The van der Waals surface area contributed by atoms with Crippen LogP contribution in [-0.4, -0.2) is 7.05 Å². The number of thiophene rings is 1. The fourth-order valence-corrected chi connectivity index (χ4v) is 4.17. The van der Waals surface area contributed by atoms with Crippen LogP contribution in [0.15, 0.2) is 29.6 Å². The van der Waals surface area contributed by atoms with Crippen LogP contribution in [0.2, 0.25) is 5.02 Å². The SMILES string of the molecule is CNC(Cc1ccc2c(c1)CCC2)c1sccc1Cl. The van der Waals surface area contributed by atoms with Gasteiger partial charge in [-0.1, -0.05) is 29.8 Å². The molecule has 1 heterocycles. The third kappa shape index (κ3) is 2.71. The largest absolute Gasteiger partial charge is 0.312 e. The number of hydrogen-bond donors (Lipinski definition) is 1. The standard InChI is InChI=1S/C16H18ClNS/c1-18-15(16-14(17)7-8-19-16)10-11-5-6-12-3-2-4-13(12)9-11/h5-9,15,18H,2-4,10H2,1H3. The Balaban J connectivity index is 1.81. The zero-order valence-electron chi connectivity index (χ0n) is 11.1. The van der Waals surface area contributed by atoms with Crippen LogP contribution < -0.4 is 5.32 Å². The molecule has 1 nitrogen and oxygen atoms in total. The summed E-state index contributed by atoms with van der Waals surface area (Å²) in [4.78, 5) is 1.24. The summed E-state index contributed by atoms with van der Waals surface area (Å²) in [7, 11) is 2.01. The van der Waals surface area contributed by atoms with Gasteiger partial charge in [0.15, 0.2) is 0 Å². The highest BCUT2D eigenvalue weighted by Gasteiger charge is 2.17. The Labute approximate surface area is 123 Å². The zero-order valence-corrected chi connectivity index (χ0v) is 12.7. The summed E-state index contributed by atoms with van der Waals surface area (Å²) in [6.45, 7) is 0. The van der Waals surface area contributed by atoms with Gasteiger partial charge in [-0.25, -0.2) is 0 Å². The van der Waals surface area contributed by atoms with Crippen molar-refractivity contribution in [1.82, 2.24) is 5.32 Å². The minimum Gasteiger partial charge on any atom is -0.312 e. The van der Waals surface area contributed by atoms with Crippen molar-refractivity contribution in [2.24, 2.45) is 0 Å². The molecular weight excluding hydrogens is 274 g/mol. The van der Waals surface area contributed by atoms with E-state index < -0.39 is 0 Å². The van der Waals surface area contributed by atoms with Crippen LogP contribution in [0.5, 0.6) is 0 Å². The molecule has 0 fully saturated rings. The van der Waals surface area contributed by atoms with Gasteiger partial charge in [0.2, 0.25) is 0 Å². The summed E-state index contributed by atoms with van der Waals surface area (Å²) in [6, 6.07) is 9.26. The maximum absolute atomic E-state index is 6.24. The molecule has 3 rings (SSSR count). The molecule has 0 amide bonds. The Kier molecular flexibility index (Phi) is 3.92. The molecule has 0 aliphatic heterocycles. The third-order valence-corrected chi connectivity index (χ3v) is 5.38. The van der Waals surface area contributed by atoms with Crippen LogP contribution in [0.25, 0.3) is 0 Å². The second-order valence-electron chi connectivity index (χ2n) is 5.13. The highest BCUT2D eigenvalue weighted by Crippen LogP contribution is 2.31. The third-order valence-electron chi connectivity index (χ3n) is 3.91. The molecule has 0 bridgehead atoms. The van der Waals surface area contributed by atoms with Gasteiger partial charge in [0.05, 0.1) is 5.02 Å². The minimum absolute atomic E-state index is 0.312. The molecular formula is C16H18ClNS. The number of fused-ring (bicyclic) bond motifs is 1. The fraction of sp³-hybridized carbons (Fsp3) is 0.375. The first-order chi connectivity index (χ1) is 9.28. The van der Waals surface area contributed by atoms with Crippen molar-refractivity contribution in [2.75, 3.05) is 7.05 Å². The molecule has 0 saturated heterocycles. The van der Waals surface area contributed by atoms with Crippen LogP contribution in [-0.2, 0) is 19.3 Å². The second-order valence-corrected chi connectivity index (χ2v) is 6.49. The van der Waals surface area contributed by atoms with Gasteiger partial charge in [0.1, 0.15) is 0 Å². The quantitative estimate of drug-likeness (QED) is 0.881. The van der Waals surface area contributed by atoms with Gasteiger partial charge in [0, 0.05) is 10.9 Å². The summed E-state index contributed by atoms with van der Waals surface area (Å²) < 4.78 is 0. The van der Waals surface area contributed by atoms with Gasteiger partial charge >= 0.3 is 0 Å². The second kappa shape index (κ2) is 5.66. The number of aryl methyl sites for hydroxylation is 2. The number of likely N-dealkylation sites (N-methyl/N-ethyl adjacent to an activating group) is 1. The molecule has 0 spiro atoms. The highest BCUT2D eigenvalue weighted by molar-refractivity contribution is 7.10. The first-order valence-electron chi connectivity index (χ1n) is 6.79. The number of halogens is 1. The van der Waals surface area contributed by atoms with Gasteiger partial charge < -0.3 is 5.32 Å². The average molecular weight is 292 g/mol. The van der Waals surface area contributed by atoms with Crippen molar-refractivity contribution >= 4 is 22.9 Å². The Morgan fingerprint density at radius 2 is 2.11 bits per heavy atom. The van der Waals surface area contributed by atoms with Crippen LogP contribution in [0, 0.1) is 0 Å². The Hall–Kier alpha value is -0.830. The van der Waals surface area contributed by atoms with E-state index in [4.69, 9.17) is 11.6 Å². The van der Waals surface area contributed by atoms with E-state index in [1.165, 1.54) is 29.7 Å². The molecule has 1 N–H and O–H groups in total. The molecule has 1 aromatic carbocycles. The summed E-state index contributed by atoms with van der Waals surface area (Å²) in [5.74, 6) is 0. The Morgan fingerprint density at radius 3 is 2.84 bits per heavy atom. The summed E-state index contributed by atoms with van der Waals surface area (Å²) in [5.41, 5.74) is 4.49. The van der Waals surface area contributed by atoms with Gasteiger partial charge in [0.25, 0.3) is 0 Å². The van der Waals surface area contributed by atoms with Crippen molar-refractivity contribution in [1.29, 1.82) is 0 Å². The van der Waals surface area contributed by atoms with E-state index in [2.05, 4.69) is 28.9 Å². The van der Waals surface area contributed by atoms with Crippen molar-refractivity contribution in [3.8, 4) is 0 Å². The molecule has 100 valence electrons. The molecule has 1 unspecified atom stereocenters. The maximum Gasteiger partial charge on any atom is 0.0561 e. The fourth-order valence-electron chi connectivity index (χ4n) is 2.87. The number of benzene rings is 1. The normalized spacial score (nSPS) is 15.5. The molecule has 0 saturated carbocycles. The Morgan fingerprint density at radius 1 is 1.26 bits per heavy atom. The maximum atomic E-state index is 6.24. The number of rotatable bonds is 4. The first kappa shape index (κ1) is 13.2. The molecule has 1 aliphatic rings. The molecule has 2 aromatic rings. The van der Waals surface area contributed by atoms with E-state index in [-0.39, 0.29) is 0 Å². The molecule has 0 radical (unpaired) electrons. The lowest BCUT2D eigenvalue weighted by atomic mass is 10.0. The van der Waals surface area contributed by atoms with Crippen LogP contribution in [0.3, 0.4) is 0 Å². The number of nitrogens with one attached hydrogen (secondary N) is 1. The smallest absolute Gasteiger partial charge is 0.0561 e. The molecule has 1 aromatic heterocycles. The molecule has 19 heavy (non-hydrogen) atoms. The predicted molar refractivity (Wildman–Crippen MR) is 83.3 cm³/mol. The van der Waals surface area contributed by atoms with E-state index in [9.17, 15) is 0 Å². The molecule has 1 aliphatic carbocycles. The minimum atomic E-state index is 0.312. The van der Waals surface area contributed by atoms with E-state index in [0.717, 1.165) is 11.4 Å². The van der Waals surface area contributed by atoms with Crippen LogP contribution in [0.1, 0.15) is 34.0 Å². The van der Waals surface area contributed by atoms with E-state index in [1.807, 2.05) is 13.1 Å². The van der Waals surface area contributed by atoms with Gasteiger partial charge in [-0.3, -0.25) is 0 Å². The monoisotopic (exact) mass is 291 g/mol. The number of hydrogen-bond acceptors (Lipinski definition) is 2. The van der Waals surface area contributed by atoms with E-state index in [0.29, 0.717) is 6.04 Å². The molecule has 1 atom stereocenters. The summed E-state index contributed by atoms with van der Waals surface area (Å²) >= 11 is 7.98. The van der Waals surface area contributed by atoms with Crippen molar-refractivity contribution in [3.63, 3.8) is 0 Å². The van der Waals surface area contributed by atoms with Crippen molar-refractivity contribution in [2.45, 2.75) is 31.7 Å². The summed E-state index contributed by atoms with van der Waals surface area (Å²) in [6.07, 6.45) is 4.81. The molecule has 3 heteroatoms. The van der Waals surface area contributed by atoms with E-state index >= 15 is 0 Å². The van der Waals surface area contributed by atoms with E-state index in [1.54, 1.807) is 22.5 Å². The van der Waals surface area contributed by atoms with Crippen LogP contribution >= 0.6 is 22.9 Å². The lowest BCUT2D eigenvalue weighted by Gasteiger charge is -2.16. The van der Waals surface area contributed by atoms with Gasteiger partial charge in [-0.05, 0) is 60.9 Å². The topological polar surface area (TPSA) is 12.0 Å². The zero-order chi connectivity index (χ0) is 13.2. The van der Waals surface area contributed by atoms with Gasteiger partial charge in [-0.15, -0.1) is 11.3 Å². The van der Waals surface area contributed by atoms with Gasteiger partial charge in [-0.2, -0.15) is 0 Å². The first-order valence-corrected chi connectivity index (χ1v) is 8.04. The van der Waals surface area contributed by atoms with Crippen LogP contribution in [0.4, 0.5) is 0 Å². The lowest BCUT2D eigenvalue weighted by molar-refractivity contribution is 0.602. The highest BCUT2D eigenvalue weighted by atomic mass is 35.5. The summed E-state index contributed by atoms with van der Waals surface area (Å²) in [5, 5.41) is 6.33. The average Bonchev–Trinajstić information content (AvgIpc) is 3.04. The lowest BCUT2D eigenvalue weighted by Crippen LogP contribution is -2.18. The Bertz CT molecular complexity index is 576. The van der Waals surface area contributed by atoms with Crippen molar-refractivity contribution < 1.29 is 0 Å². The predicted octanol–water partition coefficient (Wildman–Crippen LogP) is 4.39.